The van der Waals surface area contributed by atoms with Crippen molar-refractivity contribution in [2.45, 2.75) is 25.3 Å². The quantitative estimate of drug-likeness (QED) is 0.867. The number of likely N-dealkylation sites (tertiary alicyclic amines) is 1. The lowest BCUT2D eigenvalue weighted by Gasteiger charge is -2.42. The Balaban J connectivity index is 0.00000147. The van der Waals surface area contributed by atoms with Crippen molar-refractivity contribution < 1.29 is 4.79 Å². The summed E-state index contributed by atoms with van der Waals surface area (Å²) in [6.45, 7) is 2.62. The molecule has 3 heterocycles. The standard InChI is InChI=1S/C14H19N3O2.ClH/c15-5-4-13(18)16-7-10-6-11(9-16)12-2-1-3-14(19)17(12)8-10;/h1-3,10-11H,4-9,15H2;1H. The van der Waals surface area contributed by atoms with Gasteiger partial charge in [-0.2, -0.15) is 0 Å². The van der Waals surface area contributed by atoms with Gasteiger partial charge in [-0.15, -0.1) is 12.4 Å². The summed E-state index contributed by atoms with van der Waals surface area (Å²) in [5.74, 6) is 0.833. The zero-order chi connectivity index (χ0) is 13.4. The molecule has 0 aromatic carbocycles. The lowest BCUT2D eigenvalue weighted by atomic mass is 9.83. The number of fused-ring (bicyclic) bond motifs is 4. The van der Waals surface area contributed by atoms with Gasteiger partial charge in [0.1, 0.15) is 0 Å². The summed E-state index contributed by atoms with van der Waals surface area (Å²) in [5.41, 5.74) is 6.61. The predicted octanol–water partition coefficient (Wildman–Crippen LogP) is 0.565. The summed E-state index contributed by atoms with van der Waals surface area (Å²) in [5, 5.41) is 0. The Morgan fingerprint density at radius 1 is 1.30 bits per heavy atom. The zero-order valence-corrected chi connectivity index (χ0v) is 12.1. The molecule has 6 heteroatoms. The number of nitrogens with zero attached hydrogens (tertiary/aromatic N) is 2. The monoisotopic (exact) mass is 297 g/mol. The van der Waals surface area contributed by atoms with Gasteiger partial charge in [-0.1, -0.05) is 6.07 Å². The first-order chi connectivity index (χ1) is 9.19. The van der Waals surface area contributed by atoms with E-state index >= 15 is 0 Å². The van der Waals surface area contributed by atoms with E-state index in [2.05, 4.69) is 0 Å². The van der Waals surface area contributed by atoms with Crippen LogP contribution in [0.4, 0.5) is 0 Å². The van der Waals surface area contributed by atoms with Gasteiger partial charge >= 0.3 is 0 Å². The van der Waals surface area contributed by atoms with Gasteiger partial charge in [0, 0.05) is 50.3 Å². The number of hydrogen-bond donors (Lipinski definition) is 1. The van der Waals surface area contributed by atoms with E-state index in [4.69, 9.17) is 5.73 Å². The molecule has 2 N–H and O–H groups in total. The van der Waals surface area contributed by atoms with Gasteiger partial charge in [-0.05, 0) is 18.4 Å². The molecule has 110 valence electrons. The summed E-state index contributed by atoms with van der Waals surface area (Å²) in [6, 6.07) is 5.44. The van der Waals surface area contributed by atoms with Crippen molar-refractivity contribution in [2.24, 2.45) is 11.7 Å². The normalized spacial score (nSPS) is 23.8. The fraction of sp³-hybridized carbons (Fsp3) is 0.571. The molecule has 1 amide bonds. The molecule has 2 unspecified atom stereocenters. The Bertz CT molecular complexity index is 558. The molecule has 1 saturated heterocycles. The minimum atomic E-state index is 0. The van der Waals surface area contributed by atoms with E-state index in [9.17, 15) is 9.59 Å². The van der Waals surface area contributed by atoms with Crippen LogP contribution in [0.2, 0.25) is 0 Å². The fourth-order valence-electron chi connectivity index (χ4n) is 3.38. The number of piperidine rings is 1. The number of carbonyl (C=O) groups excluding carboxylic acids is 1. The first kappa shape index (κ1) is 15.1. The Labute approximate surface area is 124 Å². The molecule has 5 nitrogen and oxygen atoms in total. The highest BCUT2D eigenvalue weighted by molar-refractivity contribution is 5.85. The maximum absolute atomic E-state index is 12.0. The van der Waals surface area contributed by atoms with Gasteiger partial charge in [-0.3, -0.25) is 9.59 Å². The van der Waals surface area contributed by atoms with Crippen molar-refractivity contribution in [3.63, 3.8) is 0 Å². The molecule has 20 heavy (non-hydrogen) atoms. The molecule has 2 aliphatic heterocycles. The van der Waals surface area contributed by atoms with Crippen molar-refractivity contribution in [3.05, 3.63) is 34.2 Å². The Hall–Kier alpha value is -1.33. The highest BCUT2D eigenvalue weighted by Crippen LogP contribution is 2.34. The van der Waals surface area contributed by atoms with Crippen LogP contribution in [0.5, 0.6) is 0 Å². The second-order valence-electron chi connectivity index (χ2n) is 5.54. The van der Waals surface area contributed by atoms with E-state index in [0.29, 0.717) is 24.8 Å². The molecule has 0 radical (unpaired) electrons. The van der Waals surface area contributed by atoms with Gasteiger partial charge in [0.05, 0.1) is 0 Å². The third-order valence-electron chi connectivity index (χ3n) is 4.19. The second kappa shape index (κ2) is 5.97. The number of hydrogen-bond acceptors (Lipinski definition) is 3. The summed E-state index contributed by atoms with van der Waals surface area (Å²) in [6.07, 6.45) is 1.50. The molecule has 2 atom stereocenters. The third kappa shape index (κ3) is 2.60. The van der Waals surface area contributed by atoms with Gasteiger partial charge in [0.15, 0.2) is 0 Å². The summed E-state index contributed by atoms with van der Waals surface area (Å²) in [7, 11) is 0. The molecule has 1 fully saturated rings. The molecule has 2 aliphatic rings. The molecule has 0 aliphatic carbocycles. The van der Waals surface area contributed by atoms with Crippen LogP contribution in [-0.4, -0.2) is 35.0 Å². The molecular formula is C14H20ClN3O2. The van der Waals surface area contributed by atoms with Crippen molar-refractivity contribution in [1.82, 2.24) is 9.47 Å². The first-order valence-corrected chi connectivity index (χ1v) is 6.86. The minimum Gasteiger partial charge on any atom is -0.342 e. The maximum atomic E-state index is 12.0. The summed E-state index contributed by atoms with van der Waals surface area (Å²) in [4.78, 5) is 25.8. The molecular weight excluding hydrogens is 278 g/mol. The number of aromatic nitrogens is 1. The maximum Gasteiger partial charge on any atom is 0.250 e. The van der Waals surface area contributed by atoms with Crippen LogP contribution < -0.4 is 11.3 Å². The Morgan fingerprint density at radius 2 is 2.10 bits per heavy atom. The van der Waals surface area contributed by atoms with Gasteiger partial charge in [0.25, 0.3) is 5.56 Å². The van der Waals surface area contributed by atoms with E-state index in [1.807, 2.05) is 21.6 Å². The summed E-state index contributed by atoms with van der Waals surface area (Å²) >= 11 is 0. The lowest BCUT2D eigenvalue weighted by Crippen LogP contribution is -2.49. The van der Waals surface area contributed by atoms with Crippen molar-refractivity contribution in [3.8, 4) is 0 Å². The third-order valence-corrected chi connectivity index (χ3v) is 4.19. The van der Waals surface area contributed by atoms with E-state index in [0.717, 1.165) is 31.7 Å². The first-order valence-electron chi connectivity index (χ1n) is 6.86. The number of amides is 1. The molecule has 0 spiro atoms. The van der Waals surface area contributed by atoms with Crippen LogP contribution in [0.25, 0.3) is 0 Å². The minimum absolute atomic E-state index is 0. The lowest BCUT2D eigenvalue weighted by molar-refractivity contribution is -0.133. The number of nitrogens with two attached hydrogens (primary N) is 1. The van der Waals surface area contributed by atoms with Crippen LogP contribution >= 0.6 is 12.4 Å². The number of halogens is 1. The largest absolute Gasteiger partial charge is 0.342 e. The Kier molecular flexibility index (Phi) is 4.50. The predicted molar refractivity (Wildman–Crippen MR) is 79.0 cm³/mol. The van der Waals surface area contributed by atoms with Crippen LogP contribution in [-0.2, 0) is 11.3 Å². The average molecular weight is 298 g/mol. The zero-order valence-electron chi connectivity index (χ0n) is 11.3. The van der Waals surface area contributed by atoms with Crippen LogP contribution in [0.15, 0.2) is 23.0 Å². The highest BCUT2D eigenvalue weighted by atomic mass is 35.5. The number of carbonyl (C=O) groups is 1. The smallest absolute Gasteiger partial charge is 0.250 e. The summed E-state index contributed by atoms with van der Waals surface area (Å²) < 4.78 is 1.88. The van der Waals surface area contributed by atoms with E-state index in [1.165, 1.54) is 0 Å². The van der Waals surface area contributed by atoms with Gasteiger partial charge < -0.3 is 15.2 Å². The topological polar surface area (TPSA) is 68.3 Å². The van der Waals surface area contributed by atoms with E-state index < -0.39 is 0 Å². The van der Waals surface area contributed by atoms with Crippen molar-refractivity contribution in [1.29, 1.82) is 0 Å². The van der Waals surface area contributed by atoms with Crippen LogP contribution in [0, 0.1) is 5.92 Å². The number of rotatable bonds is 2. The van der Waals surface area contributed by atoms with Gasteiger partial charge in [0.2, 0.25) is 5.91 Å². The highest BCUT2D eigenvalue weighted by Gasteiger charge is 2.35. The van der Waals surface area contributed by atoms with Gasteiger partial charge in [-0.25, -0.2) is 0 Å². The molecule has 0 saturated carbocycles. The molecule has 1 aromatic rings. The van der Waals surface area contributed by atoms with Crippen LogP contribution in [0.1, 0.15) is 24.5 Å². The van der Waals surface area contributed by atoms with E-state index in [1.54, 1.807) is 6.07 Å². The second-order valence-corrected chi connectivity index (χ2v) is 5.54. The molecule has 2 bridgehead atoms. The fourth-order valence-corrected chi connectivity index (χ4v) is 3.38. The van der Waals surface area contributed by atoms with Crippen molar-refractivity contribution >= 4 is 18.3 Å². The molecule has 3 rings (SSSR count). The van der Waals surface area contributed by atoms with Crippen molar-refractivity contribution in [2.75, 3.05) is 19.6 Å². The average Bonchev–Trinajstić information content (AvgIpc) is 2.40. The molecule has 1 aromatic heterocycles. The van der Waals surface area contributed by atoms with Crippen LogP contribution in [0.3, 0.4) is 0 Å². The number of pyridine rings is 1. The van der Waals surface area contributed by atoms with E-state index in [-0.39, 0.29) is 23.9 Å². The SMILES string of the molecule is Cl.NCCC(=O)N1CC2CC(C1)c1cccc(=O)n1C2. The Morgan fingerprint density at radius 3 is 2.85 bits per heavy atom.